The SMILES string of the molecule is Cc1cc(C(=O)NCCCOC2CCC(N)CC2)n[nH]1. The third kappa shape index (κ3) is 4.61. The Morgan fingerprint density at radius 3 is 2.90 bits per heavy atom. The summed E-state index contributed by atoms with van der Waals surface area (Å²) < 4.78 is 5.79. The smallest absolute Gasteiger partial charge is 0.271 e. The van der Waals surface area contributed by atoms with Gasteiger partial charge in [0.15, 0.2) is 0 Å². The maximum atomic E-state index is 11.7. The Balaban J connectivity index is 1.54. The van der Waals surface area contributed by atoms with E-state index < -0.39 is 0 Å². The highest BCUT2D eigenvalue weighted by molar-refractivity contribution is 5.92. The number of nitrogens with zero attached hydrogens (tertiary/aromatic N) is 1. The zero-order valence-corrected chi connectivity index (χ0v) is 12.0. The normalized spacial score (nSPS) is 22.7. The fourth-order valence-electron chi connectivity index (χ4n) is 2.40. The highest BCUT2D eigenvalue weighted by atomic mass is 16.5. The number of hydrogen-bond acceptors (Lipinski definition) is 4. The molecule has 1 heterocycles. The summed E-state index contributed by atoms with van der Waals surface area (Å²) in [5, 5.41) is 9.50. The van der Waals surface area contributed by atoms with Gasteiger partial charge in [-0.15, -0.1) is 0 Å². The van der Waals surface area contributed by atoms with Crippen LogP contribution in [0.1, 0.15) is 48.3 Å². The molecule has 0 atom stereocenters. The van der Waals surface area contributed by atoms with Gasteiger partial charge in [-0.2, -0.15) is 5.10 Å². The predicted molar refractivity (Wildman–Crippen MR) is 76.5 cm³/mol. The molecule has 1 aliphatic carbocycles. The molecule has 0 bridgehead atoms. The lowest BCUT2D eigenvalue weighted by atomic mass is 9.94. The molecule has 0 spiro atoms. The van der Waals surface area contributed by atoms with Gasteiger partial charge in [0.2, 0.25) is 0 Å². The quantitative estimate of drug-likeness (QED) is 0.681. The van der Waals surface area contributed by atoms with Crippen molar-refractivity contribution in [1.29, 1.82) is 0 Å². The van der Waals surface area contributed by atoms with Crippen molar-refractivity contribution in [2.24, 2.45) is 5.73 Å². The summed E-state index contributed by atoms with van der Waals surface area (Å²) in [6, 6.07) is 2.09. The van der Waals surface area contributed by atoms with Crippen LogP contribution in [0.15, 0.2) is 6.07 Å². The monoisotopic (exact) mass is 280 g/mol. The van der Waals surface area contributed by atoms with Gasteiger partial charge in [-0.1, -0.05) is 0 Å². The second-order valence-corrected chi connectivity index (χ2v) is 5.45. The van der Waals surface area contributed by atoms with Gasteiger partial charge in [0.05, 0.1) is 6.10 Å². The molecule has 1 amide bonds. The minimum atomic E-state index is -0.141. The maximum absolute atomic E-state index is 11.7. The summed E-state index contributed by atoms with van der Waals surface area (Å²) in [7, 11) is 0. The second kappa shape index (κ2) is 7.40. The molecule has 0 radical (unpaired) electrons. The summed E-state index contributed by atoms with van der Waals surface area (Å²) in [4.78, 5) is 11.7. The second-order valence-electron chi connectivity index (χ2n) is 5.45. The fraction of sp³-hybridized carbons (Fsp3) is 0.714. The van der Waals surface area contributed by atoms with E-state index in [9.17, 15) is 4.79 Å². The molecular formula is C14H24N4O2. The first-order valence-corrected chi connectivity index (χ1v) is 7.32. The van der Waals surface area contributed by atoms with E-state index in [4.69, 9.17) is 10.5 Å². The predicted octanol–water partition coefficient (Wildman–Crippen LogP) is 1.12. The molecule has 1 aliphatic rings. The number of amides is 1. The van der Waals surface area contributed by atoms with E-state index >= 15 is 0 Å². The number of aryl methyl sites for hydroxylation is 1. The van der Waals surface area contributed by atoms with E-state index in [1.165, 1.54) is 0 Å². The van der Waals surface area contributed by atoms with Crippen molar-refractivity contribution in [2.75, 3.05) is 13.2 Å². The number of rotatable bonds is 6. The van der Waals surface area contributed by atoms with Crippen LogP contribution in [0.2, 0.25) is 0 Å². The van der Waals surface area contributed by atoms with E-state index in [2.05, 4.69) is 15.5 Å². The van der Waals surface area contributed by atoms with E-state index in [0.717, 1.165) is 37.8 Å². The summed E-state index contributed by atoms with van der Waals surface area (Å²) in [6.45, 7) is 3.16. The first-order chi connectivity index (χ1) is 9.65. The molecule has 1 aromatic heterocycles. The molecule has 1 fully saturated rings. The molecule has 1 saturated carbocycles. The number of nitrogens with one attached hydrogen (secondary N) is 2. The molecule has 4 N–H and O–H groups in total. The lowest BCUT2D eigenvalue weighted by Gasteiger charge is -2.26. The number of carbonyl (C=O) groups excluding carboxylic acids is 1. The molecule has 6 nitrogen and oxygen atoms in total. The van der Waals surface area contributed by atoms with Crippen LogP contribution in [0.5, 0.6) is 0 Å². The first kappa shape index (κ1) is 15.0. The van der Waals surface area contributed by atoms with Crippen LogP contribution in [-0.4, -0.2) is 41.4 Å². The summed E-state index contributed by atoms with van der Waals surface area (Å²) >= 11 is 0. The number of nitrogens with two attached hydrogens (primary N) is 1. The zero-order chi connectivity index (χ0) is 14.4. The number of hydrogen-bond donors (Lipinski definition) is 3. The minimum absolute atomic E-state index is 0.141. The van der Waals surface area contributed by atoms with Crippen molar-refractivity contribution in [3.05, 3.63) is 17.5 Å². The van der Waals surface area contributed by atoms with Gasteiger partial charge < -0.3 is 15.8 Å². The number of carbonyl (C=O) groups is 1. The van der Waals surface area contributed by atoms with E-state index in [0.29, 0.717) is 31.0 Å². The lowest BCUT2D eigenvalue weighted by Crippen LogP contribution is -2.31. The van der Waals surface area contributed by atoms with Gasteiger partial charge >= 0.3 is 0 Å². The van der Waals surface area contributed by atoms with Crippen LogP contribution in [0.25, 0.3) is 0 Å². The van der Waals surface area contributed by atoms with E-state index in [1.54, 1.807) is 6.07 Å². The average molecular weight is 280 g/mol. The molecule has 0 aliphatic heterocycles. The number of ether oxygens (including phenoxy) is 1. The largest absolute Gasteiger partial charge is 0.378 e. The standard InChI is InChI=1S/C14H24N4O2/c1-10-9-13(18-17-10)14(19)16-7-2-8-20-12-5-3-11(15)4-6-12/h9,11-12H,2-8,15H2,1H3,(H,16,19)(H,17,18). The number of H-pyrrole nitrogens is 1. The third-order valence-corrected chi connectivity index (χ3v) is 3.62. The third-order valence-electron chi connectivity index (χ3n) is 3.62. The Kier molecular flexibility index (Phi) is 5.55. The Morgan fingerprint density at radius 1 is 1.50 bits per heavy atom. The molecule has 112 valence electrons. The van der Waals surface area contributed by atoms with Gasteiger partial charge in [-0.05, 0) is 45.1 Å². The van der Waals surface area contributed by atoms with Gasteiger partial charge in [0, 0.05) is 24.9 Å². The van der Waals surface area contributed by atoms with E-state index in [-0.39, 0.29) is 5.91 Å². The lowest BCUT2D eigenvalue weighted by molar-refractivity contribution is 0.0241. The topological polar surface area (TPSA) is 93.0 Å². The highest BCUT2D eigenvalue weighted by Gasteiger charge is 2.18. The van der Waals surface area contributed by atoms with Gasteiger partial charge in [0.1, 0.15) is 5.69 Å². The average Bonchev–Trinajstić information content (AvgIpc) is 2.87. The first-order valence-electron chi connectivity index (χ1n) is 7.32. The number of aromatic amines is 1. The summed E-state index contributed by atoms with van der Waals surface area (Å²) in [6.07, 6.45) is 5.39. The van der Waals surface area contributed by atoms with Crippen LogP contribution < -0.4 is 11.1 Å². The van der Waals surface area contributed by atoms with Crippen molar-refractivity contribution in [3.8, 4) is 0 Å². The summed E-state index contributed by atoms with van der Waals surface area (Å²) in [5.74, 6) is -0.141. The van der Waals surface area contributed by atoms with Crippen LogP contribution in [0.3, 0.4) is 0 Å². The van der Waals surface area contributed by atoms with E-state index in [1.807, 2.05) is 6.92 Å². The molecule has 1 aromatic rings. The van der Waals surface area contributed by atoms with Gasteiger partial charge in [-0.25, -0.2) is 0 Å². The van der Waals surface area contributed by atoms with Gasteiger partial charge in [-0.3, -0.25) is 9.89 Å². The molecular weight excluding hydrogens is 256 g/mol. The summed E-state index contributed by atoms with van der Waals surface area (Å²) in [5.41, 5.74) is 7.17. The van der Waals surface area contributed by atoms with Crippen LogP contribution >= 0.6 is 0 Å². The zero-order valence-electron chi connectivity index (χ0n) is 12.0. The molecule has 0 saturated heterocycles. The Morgan fingerprint density at radius 2 is 2.25 bits per heavy atom. The molecule has 20 heavy (non-hydrogen) atoms. The van der Waals surface area contributed by atoms with Crippen molar-refractivity contribution >= 4 is 5.91 Å². The van der Waals surface area contributed by atoms with Crippen molar-refractivity contribution in [3.63, 3.8) is 0 Å². The molecule has 2 rings (SSSR count). The molecule has 0 aromatic carbocycles. The maximum Gasteiger partial charge on any atom is 0.271 e. The van der Waals surface area contributed by atoms with Gasteiger partial charge in [0.25, 0.3) is 5.91 Å². The highest BCUT2D eigenvalue weighted by Crippen LogP contribution is 2.19. The van der Waals surface area contributed by atoms with Crippen LogP contribution in [0, 0.1) is 6.92 Å². The molecule has 0 unspecified atom stereocenters. The van der Waals surface area contributed by atoms with Crippen LogP contribution in [0.4, 0.5) is 0 Å². The van der Waals surface area contributed by atoms with Crippen molar-refractivity contribution < 1.29 is 9.53 Å². The Labute approximate surface area is 119 Å². The minimum Gasteiger partial charge on any atom is -0.378 e. The van der Waals surface area contributed by atoms with Crippen LogP contribution in [-0.2, 0) is 4.74 Å². The number of aromatic nitrogens is 2. The fourth-order valence-corrected chi connectivity index (χ4v) is 2.40. The van der Waals surface area contributed by atoms with Crippen molar-refractivity contribution in [2.45, 2.75) is 51.2 Å². The molecule has 6 heteroatoms. The van der Waals surface area contributed by atoms with Crippen molar-refractivity contribution in [1.82, 2.24) is 15.5 Å². The Bertz CT molecular complexity index is 425. The Hall–Kier alpha value is -1.40.